The van der Waals surface area contributed by atoms with E-state index in [1.165, 1.54) is 68.9 Å². The summed E-state index contributed by atoms with van der Waals surface area (Å²) in [6.07, 6.45) is 12.0. The summed E-state index contributed by atoms with van der Waals surface area (Å²) in [5, 5.41) is 3.65. The van der Waals surface area contributed by atoms with Gasteiger partial charge in [-0.05, 0) is 55.7 Å². The van der Waals surface area contributed by atoms with Gasteiger partial charge < -0.3 is 10.1 Å². The van der Waals surface area contributed by atoms with Crippen LogP contribution in [0.1, 0.15) is 56.1 Å². The van der Waals surface area contributed by atoms with E-state index < -0.39 is 0 Å². The molecule has 0 unspecified atom stereocenters. The molecule has 0 spiro atoms. The first kappa shape index (κ1) is 13.9. The van der Waals surface area contributed by atoms with Crippen molar-refractivity contribution in [2.75, 3.05) is 13.2 Å². The Hall–Kier alpha value is -1.02. The minimum Gasteiger partial charge on any atom is -0.492 e. The third-order valence-electron chi connectivity index (χ3n) is 4.75. The molecule has 2 nitrogen and oxygen atoms in total. The first-order valence-electron chi connectivity index (χ1n) is 8.40. The van der Waals surface area contributed by atoms with Gasteiger partial charge in [-0.2, -0.15) is 0 Å². The quantitative estimate of drug-likeness (QED) is 0.822. The van der Waals surface area contributed by atoms with E-state index in [1.54, 1.807) is 0 Å². The summed E-state index contributed by atoms with van der Waals surface area (Å²) >= 11 is 0. The van der Waals surface area contributed by atoms with E-state index in [-0.39, 0.29) is 0 Å². The van der Waals surface area contributed by atoms with Gasteiger partial charge in [-0.15, -0.1) is 0 Å². The zero-order valence-electron chi connectivity index (χ0n) is 12.5. The number of nitrogens with one attached hydrogen (secondary N) is 1. The molecule has 0 aromatic heterocycles. The van der Waals surface area contributed by atoms with Crippen LogP contribution >= 0.6 is 0 Å². The van der Waals surface area contributed by atoms with Crippen LogP contribution in [-0.2, 0) is 12.8 Å². The van der Waals surface area contributed by atoms with Crippen LogP contribution in [-0.4, -0.2) is 19.2 Å². The molecular weight excluding hydrogens is 246 g/mol. The predicted molar refractivity (Wildman–Crippen MR) is 83.5 cm³/mol. The summed E-state index contributed by atoms with van der Waals surface area (Å²) in [7, 11) is 0. The zero-order valence-corrected chi connectivity index (χ0v) is 12.5. The van der Waals surface area contributed by atoms with Crippen LogP contribution in [0.2, 0.25) is 0 Å². The molecule has 2 aliphatic rings. The maximum absolute atomic E-state index is 6.03. The van der Waals surface area contributed by atoms with Gasteiger partial charge in [0.2, 0.25) is 0 Å². The van der Waals surface area contributed by atoms with Gasteiger partial charge in [-0.1, -0.05) is 31.4 Å². The number of rotatable bonds is 5. The topological polar surface area (TPSA) is 21.3 Å². The molecule has 3 rings (SSSR count). The van der Waals surface area contributed by atoms with Crippen molar-refractivity contribution in [3.05, 3.63) is 29.3 Å². The van der Waals surface area contributed by atoms with E-state index in [0.29, 0.717) is 0 Å². The monoisotopic (exact) mass is 273 g/mol. The molecule has 0 heterocycles. The fourth-order valence-corrected chi connectivity index (χ4v) is 3.61. The predicted octanol–water partition coefficient (Wildman–Crippen LogP) is 3.87. The van der Waals surface area contributed by atoms with Crippen LogP contribution in [0.15, 0.2) is 18.2 Å². The van der Waals surface area contributed by atoms with Crippen molar-refractivity contribution in [1.29, 1.82) is 0 Å². The molecule has 110 valence electrons. The van der Waals surface area contributed by atoms with Gasteiger partial charge in [0.05, 0.1) is 0 Å². The molecule has 1 saturated carbocycles. The number of hydrogen-bond donors (Lipinski definition) is 1. The molecule has 0 atom stereocenters. The van der Waals surface area contributed by atoms with Gasteiger partial charge in [0.1, 0.15) is 12.4 Å². The lowest BCUT2D eigenvalue weighted by molar-refractivity contribution is 0.286. The molecule has 20 heavy (non-hydrogen) atoms. The van der Waals surface area contributed by atoms with Gasteiger partial charge in [-0.25, -0.2) is 0 Å². The van der Waals surface area contributed by atoms with Crippen LogP contribution in [0.25, 0.3) is 0 Å². The highest BCUT2D eigenvalue weighted by molar-refractivity contribution is 5.41. The minimum absolute atomic E-state index is 0.733. The van der Waals surface area contributed by atoms with E-state index in [1.807, 2.05) is 0 Å². The van der Waals surface area contributed by atoms with Gasteiger partial charge in [0, 0.05) is 12.6 Å². The summed E-state index contributed by atoms with van der Waals surface area (Å²) in [5.41, 5.74) is 2.98. The van der Waals surface area contributed by atoms with Gasteiger partial charge in [0.25, 0.3) is 0 Å². The highest BCUT2D eigenvalue weighted by Gasteiger charge is 2.14. The van der Waals surface area contributed by atoms with Crippen molar-refractivity contribution in [3.8, 4) is 5.75 Å². The Bertz CT molecular complexity index is 423. The Labute approximate surface area is 122 Å². The van der Waals surface area contributed by atoms with Crippen LogP contribution in [0.3, 0.4) is 0 Å². The second kappa shape index (κ2) is 7.12. The maximum Gasteiger partial charge on any atom is 0.122 e. The fraction of sp³-hybridized carbons (Fsp3) is 0.667. The molecule has 2 heteroatoms. The lowest BCUT2D eigenvalue weighted by Crippen LogP contribution is -2.34. The maximum atomic E-state index is 6.03. The van der Waals surface area contributed by atoms with E-state index in [2.05, 4.69) is 23.5 Å². The number of aryl methyl sites for hydroxylation is 1. The van der Waals surface area contributed by atoms with Crippen LogP contribution < -0.4 is 10.1 Å². The lowest BCUT2D eigenvalue weighted by atomic mass is 9.91. The third kappa shape index (κ3) is 3.54. The van der Waals surface area contributed by atoms with Crippen molar-refractivity contribution in [1.82, 2.24) is 5.32 Å². The van der Waals surface area contributed by atoms with Gasteiger partial charge >= 0.3 is 0 Å². The highest BCUT2D eigenvalue weighted by Crippen LogP contribution is 2.29. The van der Waals surface area contributed by atoms with E-state index >= 15 is 0 Å². The molecule has 0 bridgehead atoms. The summed E-state index contributed by atoms with van der Waals surface area (Å²) in [4.78, 5) is 0. The molecule has 1 aromatic carbocycles. The number of fused-ring (bicyclic) bond motifs is 1. The van der Waals surface area contributed by atoms with E-state index in [9.17, 15) is 0 Å². The molecular formula is C18H27NO. The Morgan fingerprint density at radius 1 is 1.00 bits per heavy atom. The van der Waals surface area contributed by atoms with Gasteiger partial charge in [0.15, 0.2) is 0 Å². The second-order valence-corrected chi connectivity index (χ2v) is 6.24. The SMILES string of the molecule is c1cc2c(c(OCCNC3CCCCC3)c1)CCCC2. The van der Waals surface area contributed by atoms with Crippen molar-refractivity contribution in [2.45, 2.75) is 63.8 Å². The second-order valence-electron chi connectivity index (χ2n) is 6.24. The average Bonchev–Trinajstić information content (AvgIpc) is 2.53. The lowest BCUT2D eigenvalue weighted by Gasteiger charge is -2.23. The Morgan fingerprint density at radius 3 is 2.75 bits per heavy atom. The molecule has 0 aliphatic heterocycles. The van der Waals surface area contributed by atoms with Crippen molar-refractivity contribution in [2.24, 2.45) is 0 Å². The Kier molecular flexibility index (Phi) is 4.96. The average molecular weight is 273 g/mol. The smallest absolute Gasteiger partial charge is 0.122 e. The molecule has 0 amide bonds. The standard InChI is InChI=1S/C18H27NO/c1-2-9-16(10-3-1)19-13-14-20-18-12-6-8-15-7-4-5-11-17(15)18/h6,8,12,16,19H,1-5,7,9-11,13-14H2. The Balaban J connectivity index is 1.46. The summed E-state index contributed by atoms with van der Waals surface area (Å²) < 4.78 is 6.03. The highest BCUT2D eigenvalue weighted by atomic mass is 16.5. The van der Waals surface area contributed by atoms with E-state index in [4.69, 9.17) is 4.74 Å². The first-order chi connectivity index (χ1) is 9.93. The molecule has 0 radical (unpaired) electrons. The van der Waals surface area contributed by atoms with Crippen molar-refractivity contribution < 1.29 is 4.74 Å². The zero-order chi connectivity index (χ0) is 13.6. The largest absolute Gasteiger partial charge is 0.492 e. The van der Waals surface area contributed by atoms with Crippen LogP contribution in [0.5, 0.6) is 5.75 Å². The summed E-state index contributed by atoms with van der Waals surface area (Å²) in [5.74, 6) is 1.13. The van der Waals surface area contributed by atoms with Crippen molar-refractivity contribution >= 4 is 0 Å². The first-order valence-corrected chi connectivity index (χ1v) is 8.40. The molecule has 0 saturated heterocycles. The van der Waals surface area contributed by atoms with Crippen LogP contribution in [0, 0.1) is 0 Å². The molecule has 1 aromatic rings. The summed E-state index contributed by atoms with van der Waals surface area (Å²) in [6, 6.07) is 7.29. The normalized spacial score (nSPS) is 19.6. The summed E-state index contributed by atoms with van der Waals surface area (Å²) in [6.45, 7) is 1.78. The molecule has 2 aliphatic carbocycles. The number of benzene rings is 1. The van der Waals surface area contributed by atoms with Crippen molar-refractivity contribution in [3.63, 3.8) is 0 Å². The Morgan fingerprint density at radius 2 is 1.85 bits per heavy atom. The molecule has 1 N–H and O–H groups in total. The van der Waals surface area contributed by atoms with E-state index in [0.717, 1.165) is 24.9 Å². The minimum atomic E-state index is 0.733. The number of hydrogen-bond acceptors (Lipinski definition) is 2. The van der Waals surface area contributed by atoms with Crippen LogP contribution in [0.4, 0.5) is 0 Å². The molecule has 1 fully saturated rings. The third-order valence-corrected chi connectivity index (χ3v) is 4.75. The fourth-order valence-electron chi connectivity index (χ4n) is 3.61. The number of ether oxygens (including phenoxy) is 1. The van der Waals surface area contributed by atoms with Gasteiger partial charge in [-0.3, -0.25) is 0 Å².